The second-order valence-electron chi connectivity index (χ2n) is 4.56. The van der Waals surface area contributed by atoms with Gasteiger partial charge < -0.3 is 5.32 Å². The Bertz CT molecular complexity index is 706. The molecule has 0 saturated heterocycles. The summed E-state index contributed by atoms with van der Waals surface area (Å²) in [6.07, 6.45) is 5.57. The molecule has 21 heavy (non-hydrogen) atoms. The van der Waals surface area contributed by atoms with E-state index < -0.39 is 0 Å². The Morgan fingerprint density at radius 2 is 1.90 bits per heavy atom. The molecule has 3 aromatic rings. The van der Waals surface area contributed by atoms with Crippen molar-refractivity contribution in [2.45, 2.75) is 6.42 Å². The van der Waals surface area contributed by atoms with Crippen molar-refractivity contribution in [3.63, 3.8) is 0 Å². The number of carbonyl (C=O) groups excluding carboxylic acids is 1. The highest BCUT2D eigenvalue weighted by Gasteiger charge is 2.05. The van der Waals surface area contributed by atoms with Crippen LogP contribution in [0.5, 0.6) is 0 Å². The molecule has 0 unspecified atom stereocenters. The van der Waals surface area contributed by atoms with Gasteiger partial charge in [0, 0.05) is 18.6 Å². The summed E-state index contributed by atoms with van der Waals surface area (Å²) in [4.78, 5) is 16.0. The fraction of sp³-hybridized carbons (Fsp3) is 0.0625. The van der Waals surface area contributed by atoms with Gasteiger partial charge in [-0.3, -0.25) is 4.79 Å². The number of carbonyl (C=O) groups is 1. The summed E-state index contributed by atoms with van der Waals surface area (Å²) >= 11 is 0. The number of amides is 1. The Balaban J connectivity index is 1.64. The normalized spacial score (nSPS) is 10.3. The van der Waals surface area contributed by atoms with Crippen LogP contribution in [0.2, 0.25) is 0 Å². The van der Waals surface area contributed by atoms with E-state index in [1.165, 1.54) is 0 Å². The van der Waals surface area contributed by atoms with Crippen molar-refractivity contribution in [1.82, 2.24) is 14.8 Å². The van der Waals surface area contributed by atoms with E-state index in [1.54, 1.807) is 23.1 Å². The summed E-state index contributed by atoms with van der Waals surface area (Å²) in [5.74, 6) is 0.483. The largest absolute Gasteiger partial charge is 0.310 e. The SMILES string of the molecule is O=C(Cc1ccc(-n2cccn2)cc1)Nc1ccccn1. The second kappa shape index (κ2) is 6.00. The highest BCUT2D eigenvalue weighted by molar-refractivity contribution is 5.91. The molecule has 2 heterocycles. The molecule has 3 rings (SSSR count). The summed E-state index contributed by atoms with van der Waals surface area (Å²) < 4.78 is 1.78. The number of anilines is 1. The molecule has 0 bridgehead atoms. The third kappa shape index (κ3) is 3.33. The number of pyridine rings is 1. The molecule has 1 amide bonds. The highest BCUT2D eigenvalue weighted by atomic mass is 16.1. The van der Waals surface area contributed by atoms with Crippen LogP contribution in [-0.4, -0.2) is 20.7 Å². The van der Waals surface area contributed by atoms with Crippen LogP contribution in [0.4, 0.5) is 5.82 Å². The summed E-state index contributed by atoms with van der Waals surface area (Å²) in [5.41, 5.74) is 1.91. The average molecular weight is 278 g/mol. The van der Waals surface area contributed by atoms with E-state index in [2.05, 4.69) is 15.4 Å². The van der Waals surface area contributed by atoms with Gasteiger partial charge in [-0.05, 0) is 35.9 Å². The van der Waals surface area contributed by atoms with Gasteiger partial charge in [0.1, 0.15) is 5.82 Å². The molecule has 0 aliphatic rings. The molecule has 0 spiro atoms. The summed E-state index contributed by atoms with van der Waals surface area (Å²) in [7, 11) is 0. The molecular formula is C16H14N4O. The van der Waals surface area contributed by atoms with E-state index in [0.29, 0.717) is 12.2 Å². The summed E-state index contributed by atoms with van der Waals surface area (Å²) in [5, 5.41) is 6.93. The number of benzene rings is 1. The molecule has 0 saturated carbocycles. The molecule has 1 aromatic carbocycles. The first-order valence-electron chi connectivity index (χ1n) is 6.61. The minimum absolute atomic E-state index is 0.0828. The maximum absolute atomic E-state index is 11.9. The first-order chi connectivity index (χ1) is 10.3. The van der Waals surface area contributed by atoms with Gasteiger partial charge in [-0.25, -0.2) is 9.67 Å². The molecule has 0 fully saturated rings. The zero-order valence-corrected chi connectivity index (χ0v) is 11.3. The van der Waals surface area contributed by atoms with Gasteiger partial charge in [0.25, 0.3) is 0 Å². The minimum atomic E-state index is -0.0828. The van der Waals surface area contributed by atoms with Crippen molar-refractivity contribution in [3.8, 4) is 5.69 Å². The van der Waals surface area contributed by atoms with Gasteiger partial charge in [0.2, 0.25) is 5.91 Å². The lowest BCUT2D eigenvalue weighted by molar-refractivity contribution is -0.115. The Morgan fingerprint density at radius 3 is 2.57 bits per heavy atom. The van der Waals surface area contributed by atoms with Crippen LogP contribution < -0.4 is 5.32 Å². The molecule has 5 nitrogen and oxygen atoms in total. The molecule has 0 aliphatic heterocycles. The van der Waals surface area contributed by atoms with Gasteiger partial charge in [-0.2, -0.15) is 5.10 Å². The fourth-order valence-corrected chi connectivity index (χ4v) is 2.00. The van der Waals surface area contributed by atoms with Crippen LogP contribution in [0.25, 0.3) is 5.69 Å². The predicted octanol–water partition coefficient (Wildman–Crippen LogP) is 2.45. The van der Waals surface area contributed by atoms with E-state index in [-0.39, 0.29) is 5.91 Å². The smallest absolute Gasteiger partial charge is 0.229 e. The Hall–Kier alpha value is -2.95. The lowest BCUT2D eigenvalue weighted by Gasteiger charge is -2.05. The van der Waals surface area contributed by atoms with Gasteiger partial charge in [0.15, 0.2) is 0 Å². The van der Waals surface area contributed by atoms with Crippen LogP contribution in [0, 0.1) is 0 Å². The third-order valence-electron chi connectivity index (χ3n) is 3.00. The number of rotatable bonds is 4. The predicted molar refractivity (Wildman–Crippen MR) is 80.1 cm³/mol. The van der Waals surface area contributed by atoms with Crippen molar-refractivity contribution in [3.05, 3.63) is 72.7 Å². The molecule has 0 radical (unpaired) electrons. The zero-order chi connectivity index (χ0) is 14.5. The lowest BCUT2D eigenvalue weighted by Crippen LogP contribution is -2.15. The topological polar surface area (TPSA) is 59.8 Å². The summed E-state index contributed by atoms with van der Waals surface area (Å²) in [6, 6.07) is 15.0. The number of aromatic nitrogens is 3. The molecule has 1 N–H and O–H groups in total. The van der Waals surface area contributed by atoms with Crippen LogP contribution in [0.1, 0.15) is 5.56 Å². The van der Waals surface area contributed by atoms with Crippen molar-refractivity contribution < 1.29 is 4.79 Å². The van der Waals surface area contributed by atoms with Crippen LogP contribution in [0.15, 0.2) is 67.1 Å². The minimum Gasteiger partial charge on any atom is -0.310 e. The van der Waals surface area contributed by atoms with E-state index in [0.717, 1.165) is 11.3 Å². The van der Waals surface area contributed by atoms with Crippen molar-refractivity contribution >= 4 is 11.7 Å². The van der Waals surface area contributed by atoms with Crippen molar-refractivity contribution in [1.29, 1.82) is 0 Å². The van der Waals surface area contributed by atoms with Gasteiger partial charge in [-0.15, -0.1) is 0 Å². The van der Waals surface area contributed by atoms with E-state index in [1.807, 2.05) is 48.7 Å². The number of nitrogens with one attached hydrogen (secondary N) is 1. The van der Waals surface area contributed by atoms with Gasteiger partial charge in [0.05, 0.1) is 12.1 Å². The number of hydrogen-bond donors (Lipinski definition) is 1. The molecule has 5 heteroatoms. The second-order valence-corrected chi connectivity index (χ2v) is 4.56. The molecule has 104 valence electrons. The Labute approximate surface area is 122 Å². The maximum atomic E-state index is 11.9. The van der Waals surface area contributed by atoms with Gasteiger partial charge >= 0.3 is 0 Å². The number of hydrogen-bond acceptors (Lipinski definition) is 3. The number of nitrogens with zero attached hydrogens (tertiary/aromatic N) is 3. The lowest BCUT2D eigenvalue weighted by atomic mass is 10.1. The maximum Gasteiger partial charge on any atom is 0.229 e. The third-order valence-corrected chi connectivity index (χ3v) is 3.00. The monoisotopic (exact) mass is 278 g/mol. The quantitative estimate of drug-likeness (QED) is 0.797. The first kappa shape index (κ1) is 13.1. The fourth-order valence-electron chi connectivity index (χ4n) is 2.00. The van der Waals surface area contributed by atoms with E-state index >= 15 is 0 Å². The Morgan fingerprint density at radius 1 is 1.05 bits per heavy atom. The highest BCUT2D eigenvalue weighted by Crippen LogP contribution is 2.10. The standard InChI is InChI=1S/C16H14N4O/c21-16(19-15-4-1-2-9-17-15)12-13-5-7-14(8-6-13)20-11-3-10-18-20/h1-11H,12H2,(H,17,19,21). The van der Waals surface area contributed by atoms with Crippen molar-refractivity contribution in [2.24, 2.45) is 0 Å². The van der Waals surface area contributed by atoms with E-state index in [4.69, 9.17) is 0 Å². The van der Waals surface area contributed by atoms with E-state index in [9.17, 15) is 4.79 Å². The van der Waals surface area contributed by atoms with Crippen LogP contribution in [0.3, 0.4) is 0 Å². The van der Waals surface area contributed by atoms with Crippen LogP contribution >= 0.6 is 0 Å². The zero-order valence-electron chi connectivity index (χ0n) is 11.3. The molecule has 2 aromatic heterocycles. The van der Waals surface area contributed by atoms with Gasteiger partial charge in [-0.1, -0.05) is 18.2 Å². The summed E-state index contributed by atoms with van der Waals surface area (Å²) in [6.45, 7) is 0. The van der Waals surface area contributed by atoms with Crippen LogP contribution in [-0.2, 0) is 11.2 Å². The molecule has 0 aliphatic carbocycles. The molecular weight excluding hydrogens is 264 g/mol. The molecule has 0 atom stereocenters. The first-order valence-corrected chi connectivity index (χ1v) is 6.61. The Kier molecular flexibility index (Phi) is 3.73. The average Bonchev–Trinajstić information content (AvgIpc) is 3.03. The van der Waals surface area contributed by atoms with Crippen molar-refractivity contribution in [2.75, 3.05) is 5.32 Å².